The number of para-hydroxylation sites is 1. The van der Waals surface area contributed by atoms with Crippen molar-refractivity contribution in [1.29, 1.82) is 0 Å². The molecule has 6 heteroatoms. The van der Waals surface area contributed by atoms with Gasteiger partial charge in [-0.1, -0.05) is 19.1 Å². The maximum Gasteiger partial charge on any atom is 0.282 e. The number of aryl methyl sites for hydroxylation is 1. The van der Waals surface area contributed by atoms with Crippen molar-refractivity contribution >= 4 is 17.1 Å². The predicted molar refractivity (Wildman–Crippen MR) is 93.0 cm³/mol. The standard InChI is InChI=1S/C18H17N3O3/c1-3-17-20-15-7-5-4-6-14(15)18(23)21(17)19-11-12-10-13(24-2)8-9-16(12)22/h4-11,22H,3H2,1-2H3. The van der Waals surface area contributed by atoms with Crippen molar-refractivity contribution in [3.05, 3.63) is 64.2 Å². The van der Waals surface area contributed by atoms with Gasteiger partial charge in [0.1, 0.15) is 17.3 Å². The molecule has 0 aliphatic carbocycles. The van der Waals surface area contributed by atoms with Crippen molar-refractivity contribution in [3.63, 3.8) is 0 Å². The van der Waals surface area contributed by atoms with Crippen LogP contribution in [0, 0.1) is 0 Å². The van der Waals surface area contributed by atoms with Crippen LogP contribution in [0.5, 0.6) is 11.5 Å². The summed E-state index contributed by atoms with van der Waals surface area (Å²) in [5.41, 5.74) is 0.863. The highest BCUT2D eigenvalue weighted by molar-refractivity contribution is 5.84. The molecule has 0 saturated carbocycles. The first-order valence-electron chi connectivity index (χ1n) is 7.56. The molecular formula is C18H17N3O3. The lowest BCUT2D eigenvalue weighted by Gasteiger charge is -2.08. The lowest BCUT2D eigenvalue weighted by atomic mass is 10.2. The number of hydrogen-bond donors (Lipinski definition) is 1. The van der Waals surface area contributed by atoms with Crippen LogP contribution in [0.4, 0.5) is 0 Å². The molecule has 0 atom stereocenters. The third kappa shape index (κ3) is 2.86. The van der Waals surface area contributed by atoms with E-state index in [2.05, 4.69) is 10.1 Å². The topological polar surface area (TPSA) is 76.7 Å². The fourth-order valence-corrected chi connectivity index (χ4v) is 2.40. The molecule has 2 aromatic carbocycles. The molecule has 3 rings (SSSR count). The minimum Gasteiger partial charge on any atom is -0.507 e. The van der Waals surface area contributed by atoms with Gasteiger partial charge >= 0.3 is 0 Å². The third-order valence-corrected chi connectivity index (χ3v) is 3.68. The number of ether oxygens (including phenoxy) is 1. The quantitative estimate of drug-likeness (QED) is 0.749. The second-order valence-electron chi connectivity index (χ2n) is 5.19. The normalized spacial score (nSPS) is 11.2. The maximum atomic E-state index is 12.7. The highest BCUT2D eigenvalue weighted by atomic mass is 16.5. The first kappa shape index (κ1) is 15.7. The van der Waals surface area contributed by atoms with Crippen LogP contribution in [0.15, 0.2) is 52.4 Å². The van der Waals surface area contributed by atoms with Crippen molar-refractivity contribution in [1.82, 2.24) is 9.66 Å². The van der Waals surface area contributed by atoms with E-state index in [4.69, 9.17) is 4.74 Å². The Bertz CT molecular complexity index is 977. The average molecular weight is 323 g/mol. The monoisotopic (exact) mass is 323 g/mol. The first-order valence-corrected chi connectivity index (χ1v) is 7.56. The molecule has 1 heterocycles. The zero-order valence-electron chi connectivity index (χ0n) is 13.4. The SMILES string of the molecule is CCc1nc2ccccc2c(=O)n1N=Cc1cc(OC)ccc1O. The van der Waals surface area contributed by atoms with E-state index in [0.717, 1.165) is 0 Å². The van der Waals surface area contributed by atoms with Crippen LogP contribution in [-0.2, 0) is 6.42 Å². The summed E-state index contributed by atoms with van der Waals surface area (Å²) in [7, 11) is 1.54. The van der Waals surface area contributed by atoms with Gasteiger partial charge in [0, 0.05) is 12.0 Å². The second-order valence-corrected chi connectivity index (χ2v) is 5.19. The summed E-state index contributed by atoms with van der Waals surface area (Å²) >= 11 is 0. The fraction of sp³-hybridized carbons (Fsp3) is 0.167. The van der Waals surface area contributed by atoms with E-state index in [1.807, 2.05) is 13.0 Å². The number of phenolic OH excluding ortho intramolecular Hbond substituents is 1. The summed E-state index contributed by atoms with van der Waals surface area (Å²) in [6.07, 6.45) is 1.98. The molecule has 122 valence electrons. The summed E-state index contributed by atoms with van der Waals surface area (Å²) in [5, 5.41) is 14.7. The number of benzene rings is 2. The maximum absolute atomic E-state index is 12.7. The average Bonchev–Trinajstić information content (AvgIpc) is 2.62. The van der Waals surface area contributed by atoms with Crippen molar-refractivity contribution in [2.45, 2.75) is 13.3 Å². The van der Waals surface area contributed by atoms with Gasteiger partial charge in [0.15, 0.2) is 0 Å². The van der Waals surface area contributed by atoms with E-state index in [1.165, 1.54) is 17.0 Å². The van der Waals surface area contributed by atoms with Crippen molar-refractivity contribution < 1.29 is 9.84 Å². The smallest absolute Gasteiger partial charge is 0.282 e. The van der Waals surface area contributed by atoms with Gasteiger partial charge in [0.25, 0.3) is 5.56 Å². The molecule has 0 aliphatic rings. The molecule has 0 aliphatic heterocycles. The van der Waals surface area contributed by atoms with Gasteiger partial charge in [0.2, 0.25) is 0 Å². The highest BCUT2D eigenvalue weighted by Crippen LogP contribution is 2.21. The number of fused-ring (bicyclic) bond motifs is 1. The van der Waals surface area contributed by atoms with Gasteiger partial charge in [-0.2, -0.15) is 9.78 Å². The Kier molecular flexibility index (Phi) is 4.29. The fourth-order valence-electron chi connectivity index (χ4n) is 2.40. The summed E-state index contributed by atoms with van der Waals surface area (Å²) < 4.78 is 6.40. The zero-order chi connectivity index (χ0) is 17.1. The summed E-state index contributed by atoms with van der Waals surface area (Å²) in [5.74, 6) is 1.20. The number of hydrogen-bond acceptors (Lipinski definition) is 5. The molecule has 0 spiro atoms. The Labute approximate surface area is 138 Å². The van der Waals surface area contributed by atoms with E-state index in [9.17, 15) is 9.90 Å². The minimum absolute atomic E-state index is 0.0550. The molecule has 0 fully saturated rings. The molecule has 3 aromatic rings. The Morgan fingerprint density at radius 1 is 1.29 bits per heavy atom. The lowest BCUT2D eigenvalue weighted by Crippen LogP contribution is -2.22. The van der Waals surface area contributed by atoms with Crippen LogP contribution in [0.2, 0.25) is 0 Å². The molecular weight excluding hydrogens is 306 g/mol. The Hall–Kier alpha value is -3.15. The molecule has 6 nitrogen and oxygen atoms in total. The van der Waals surface area contributed by atoms with Gasteiger partial charge < -0.3 is 9.84 Å². The third-order valence-electron chi connectivity index (χ3n) is 3.68. The Balaban J connectivity index is 2.13. The number of methoxy groups -OCH3 is 1. The van der Waals surface area contributed by atoms with Crippen molar-refractivity contribution in [2.75, 3.05) is 7.11 Å². The van der Waals surface area contributed by atoms with Crippen LogP contribution >= 0.6 is 0 Å². The van der Waals surface area contributed by atoms with E-state index in [0.29, 0.717) is 34.5 Å². The van der Waals surface area contributed by atoms with Crippen LogP contribution in [0.1, 0.15) is 18.3 Å². The number of rotatable bonds is 4. The molecule has 24 heavy (non-hydrogen) atoms. The number of nitrogens with zero attached hydrogens (tertiary/aromatic N) is 3. The second kappa shape index (κ2) is 6.54. The Morgan fingerprint density at radius 2 is 2.08 bits per heavy atom. The summed E-state index contributed by atoms with van der Waals surface area (Å²) in [6, 6.07) is 12.0. The van der Waals surface area contributed by atoms with Crippen molar-refractivity contribution in [3.8, 4) is 11.5 Å². The first-order chi connectivity index (χ1) is 11.6. The number of phenols is 1. The molecule has 0 unspecified atom stereocenters. The van der Waals surface area contributed by atoms with Gasteiger partial charge in [-0.05, 0) is 30.3 Å². The largest absolute Gasteiger partial charge is 0.507 e. The van der Waals surface area contributed by atoms with E-state index >= 15 is 0 Å². The molecule has 0 amide bonds. The summed E-state index contributed by atoms with van der Waals surface area (Å²) in [6.45, 7) is 1.91. The Morgan fingerprint density at radius 3 is 2.83 bits per heavy atom. The molecule has 0 radical (unpaired) electrons. The number of aromatic hydroxyl groups is 1. The zero-order valence-corrected chi connectivity index (χ0v) is 13.4. The van der Waals surface area contributed by atoms with E-state index in [1.54, 1.807) is 37.4 Å². The van der Waals surface area contributed by atoms with Crippen LogP contribution in [0.3, 0.4) is 0 Å². The molecule has 0 saturated heterocycles. The van der Waals surface area contributed by atoms with Gasteiger partial charge in [-0.15, -0.1) is 0 Å². The van der Waals surface area contributed by atoms with Crippen LogP contribution in [-0.4, -0.2) is 28.1 Å². The van der Waals surface area contributed by atoms with Gasteiger partial charge in [-0.3, -0.25) is 4.79 Å². The lowest BCUT2D eigenvalue weighted by molar-refractivity contribution is 0.412. The summed E-state index contributed by atoms with van der Waals surface area (Å²) in [4.78, 5) is 17.1. The van der Waals surface area contributed by atoms with Crippen LogP contribution < -0.4 is 10.3 Å². The van der Waals surface area contributed by atoms with Gasteiger partial charge in [0.05, 0.1) is 24.2 Å². The van der Waals surface area contributed by atoms with E-state index in [-0.39, 0.29) is 11.3 Å². The van der Waals surface area contributed by atoms with Crippen molar-refractivity contribution in [2.24, 2.45) is 5.10 Å². The molecule has 1 N–H and O–H groups in total. The predicted octanol–water partition coefficient (Wildman–Crippen LogP) is 2.56. The van der Waals surface area contributed by atoms with E-state index < -0.39 is 0 Å². The molecule has 0 bridgehead atoms. The molecule has 1 aromatic heterocycles. The minimum atomic E-state index is -0.240. The van der Waals surface area contributed by atoms with Crippen LogP contribution in [0.25, 0.3) is 10.9 Å². The highest BCUT2D eigenvalue weighted by Gasteiger charge is 2.09. The van der Waals surface area contributed by atoms with Gasteiger partial charge in [-0.25, -0.2) is 4.98 Å². The number of aromatic nitrogens is 2.